The van der Waals surface area contributed by atoms with Gasteiger partial charge in [-0.05, 0) is 13.8 Å². The van der Waals surface area contributed by atoms with Gasteiger partial charge >= 0.3 is 0 Å². The van der Waals surface area contributed by atoms with Crippen molar-refractivity contribution in [2.75, 3.05) is 6.61 Å². The summed E-state index contributed by atoms with van der Waals surface area (Å²) in [5.41, 5.74) is 0. The molecule has 0 aliphatic carbocycles. The van der Waals surface area contributed by atoms with Crippen molar-refractivity contribution in [3.05, 3.63) is 0 Å². The first-order valence-electron chi connectivity index (χ1n) is 4.93. The standard InChI is InChI=1S/C9H18O6/c1-4(2)14-9-8(13)7(12)6(11)5(3-10)15-9/h4-13H,3H2,1-2H3/t5?,6-,7?,8+,9+/m1/s1. The highest BCUT2D eigenvalue weighted by atomic mass is 16.7. The molecule has 0 aromatic rings. The van der Waals surface area contributed by atoms with Crippen molar-refractivity contribution in [1.82, 2.24) is 0 Å². The Morgan fingerprint density at radius 1 is 1.13 bits per heavy atom. The second-order valence-electron chi connectivity index (χ2n) is 3.88. The molecule has 0 bridgehead atoms. The van der Waals surface area contributed by atoms with E-state index >= 15 is 0 Å². The van der Waals surface area contributed by atoms with Crippen molar-refractivity contribution in [3.8, 4) is 0 Å². The SMILES string of the molecule is CC(C)O[C@H]1OC(CO)[C@@H](O)C(O)[C@@H]1O. The average molecular weight is 222 g/mol. The highest BCUT2D eigenvalue weighted by Crippen LogP contribution is 2.22. The molecule has 4 N–H and O–H groups in total. The summed E-state index contributed by atoms with van der Waals surface area (Å²) in [5, 5.41) is 37.3. The van der Waals surface area contributed by atoms with Crippen LogP contribution in [0.4, 0.5) is 0 Å². The molecule has 1 aliphatic rings. The first kappa shape index (κ1) is 12.8. The van der Waals surface area contributed by atoms with Crippen molar-refractivity contribution < 1.29 is 29.9 Å². The molecule has 0 radical (unpaired) electrons. The first-order chi connectivity index (χ1) is 6.97. The Balaban J connectivity index is 2.65. The number of ether oxygens (including phenoxy) is 2. The Kier molecular flexibility index (Phi) is 4.45. The molecule has 6 nitrogen and oxygen atoms in total. The van der Waals surface area contributed by atoms with E-state index in [-0.39, 0.29) is 6.10 Å². The molecule has 6 heteroatoms. The van der Waals surface area contributed by atoms with E-state index < -0.39 is 37.3 Å². The minimum atomic E-state index is -1.38. The molecule has 1 fully saturated rings. The van der Waals surface area contributed by atoms with Gasteiger partial charge in [0.25, 0.3) is 0 Å². The monoisotopic (exact) mass is 222 g/mol. The Hall–Kier alpha value is -0.240. The second kappa shape index (κ2) is 5.20. The molecule has 0 aromatic carbocycles. The largest absolute Gasteiger partial charge is 0.394 e. The van der Waals surface area contributed by atoms with Gasteiger partial charge in [-0.3, -0.25) is 0 Å². The van der Waals surface area contributed by atoms with E-state index in [0.717, 1.165) is 0 Å². The normalized spacial score (nSPS) is 42.2. The fourth-order valence-corrected chi connectivity index (χ4v) is 1.45. The Labute approximate surface area is 88.1 Å². The smallest absolute Gasteiger partial charge is 0.186 e. The molecule has 1 heterocycles. The van der Waals surface area contributed by atoms with Crippen molar-refractivity contribution in [2.24, 2.45) is 0 Å². The van der Waals surface area contributed by atoms with Gasteiger partial charge in [0.05, 0.1) is 12.7 Å². The lowest BCUT2D eigenvalue weighted by Gasteiger charge is -2.40. The van der Waals surface area contributed by atoms with E-state index in [0.29, 0.717) is 0 Å². The highest BCUT2D eigenvalue weighted by Gasteiger charge is 2.44. The summed E-state index contributed by atoms with van der Waals surface area (Å²) in [5.74, 6) is 0. The van der Waals surface area contributed by atoms with Gasteiger partial charge in [0.1, 0.15) is 24.4 Å². The lowest BCUT2D eigenvalue weighted by Crippen LogP contribution is -2.59. The first-order valence-corrected chi connectivity index (χ1v) is 4.93. The molecule has 5 atom stereocenters. The summed E-state index contributed by atoms with van der Waals surface area (Å²) in [6, 6.07) is 0. The zero-order valence-corrected chi connectivity index (χ0v) is 8.78. The third-order valence-electron chi connectivity index (χ3n) is 2.25. The zero-order chi connectivity index (χ0) is 11.6. The number of hydrogen-bond donors (Lipinski definition) is 4. The van der Waals surface area contributed by atoms with Gasteiger partial charge in [-0.25, -0.2) is 0 Å². The maximum Gasteiger partial charge on any atom is 0.186 e. The number of aliphatic hydroxyl groups is 4. The van der Waals surface area contributed by atoms with Crippen LogP contribution in [0.25, 0.3) is 0 Å². The van der Waals surface area contributed by atoms with Crippen molar-refractivity contribution in [2.45, 2.75) is 50.7 Å². The number of hydrogen-bond acceptors (Lipinski definition) is 6. The van der Waals surface area contributed by atoms with Crippen LogP contribution in [0.15, 0.2) is 0 Å². The van der Waals surface area contributed by atoms with Gasteiger partial charge in [0.2, 0.25) is 0 Å². The molecule has 0 saturated carbocycles. The van der Waals surface area contributed by atoms with Gasteiger partial charge in [0.15, 0.2) is 6.29 Å². The second-order valence-corrected chi connectivity index (χ2v) is 3.88. The molecule has 15 heavy (non-hydrogen) atoms. The predicted octanol–water partition coefficient (Wildman–Crippen LogP) is -1.79. The maximum absolute atomic E-state index is 9.53. The fourth-order valence-electron chi connectivity index (χ4n) is 1.45. The summed E-state index contributed by atoms with van der Waals surface area (Å²) in [4.78, 5) is 0. The number of rotatable bonds is 3. The zero-order valence-electron chi connectivity index (χ0n) is 8.78. The minimum absolute atomic E-state index is 0.188. The van der Waals surface area contributed by atoms with Crippen LogP contribution in [-0.4, -0.2) is 63.8 Å². The molecule has 0 spiro atoms. The lowest BCUT2D eigenvalue weighted by molar-refractivity contribution is -0.308. The van der Waals surface area contributed by atoms with E-state index in [9.17, 15) is 15.3 Å². The van der Waals surface area contributed by atoms with Gasteiger partial charge < -0.3 is 29.9 Å². The van der Waals surface area contributed by atoms with E-state index in [1.54, 1.807) is 13.8 Å². The van der Waals surface area contributed by atoms with E-state index in [4.69, 9.17) is 14.6 Å². The molecule has 1 rings (SSSR count). The van der Waals surface area contributed by atoms with Gasteiger partial charge in [-0.2, -0.15) is 0 Å². The Morgan fingerprint density at radius 2 is 1.73 bits per heavy atom. The third kappa shape index (κ3) is 2.87. The van der Waals surface area contributed by atoms with Crippen LogP contribution in [-0.2, 0) is 9.47 Å². The maximum atomic E-state index is 9.53. The molecular weight excluding hydrogens is 204 g/mol. The van der Waals surface area contributed by atoms with Crippen LogP contribution < -0.4 is 0 Å². The Bertz CT molecular complexity index is 195. The van der Waals surface area contributed by atoms with Crippen LogP contribution in [0.2, 0.25) is 0 Å². The van der Waals surface area contributed by atoms with E-state index in [1.807, 2.05) is 0 Å². The molecule has 90 valence electrons. The quantitative estimate of drug-likeness (QED) is 0.450. The van der Waals surface area contributed by atoms with Crippen LogP contribution in [0.1, 0.15) is 13.8 Å². The van der Waals surface area contributed by atoms with Gasteiger partial charge in [-0.1, -0.05) is 0 Å². The topological polar surface area (TPSA) is 99.4 Å². The average Bonchev–Trinajstić information content (AvgIpc) is 2.18. The molecule has 1 saturated heterocycles. The molecule has 0 aromatic heterocycles. The van der Waals surface area contributed by atoms with Crippen LogP contribution in [0, 0.1) is 0 Å². The van der Waals surface area contributed by atoms with Crippen molar-refractivity contribution in [3.63, 3.8) is 0 Å². The summed E-state index contributed by atoms with van der Waals surface area (Å²) in [7, 11) is 0. The summed E-state index contributed by atoms with van der Waals surface area (Å²) >= 11 is 0. The molecular formula is C9H18O6. The number of aliphatic hydroxyl groups excluding tert-OH is 4. The lowest BCUT2D eigenvalue weighted by atomic mass is 9.99. The van der Waals surface area contributed by atoms with Crippen LogP contribution in [0.5, 0.6) is 0 Å². The van der Waals surface area contributed by atoms with Crippen LogP contribution in [0.3, 0.4) is 0 Å². The molecule has 2 unspecified atom stereocenters. The van der Waals surface area contributed by atoms with Gasteiger partial charge in [0, 0.05) is 0 Å². The predicted molar refractivity (Wildman–Crippen MR) is 50.0 cm³/mol. The van der Waals surface area contributed by atoms with Crippen molar-refractivity contribution in [1.29, 1.82) is 0 Å². The van der Waals surface area contributed by atoms with E-state index in [1.165, 1.54) is 0 Å². The molecule has 1 aliphatic heterocycles. The third-order valence-corrected chi connectivity index (χ3v) is 2.25. The van der Waals surface area contributed by atoms with Crippen molar-refractivity contribution >= 4 is 0 Å². The van der Waals surface area contributed by atoms with E-state index in [2.05, 4.69) is 0 Å². The van der Waals surface area contributed by atoms with Gasteiger partial charge in [-0.15, -0.1) is 0 Å². The summed E-state index contributed by atoms with van der Waals surface area (Å²) in [6.45, 7) is 3.06. The summed E-state index contributed by atoms with van der Waals surface area (Å²) < 4.78 is 10.3. The summed E-state index contributed by atoms with van der Waals surface area (Å²) in [6.07, 6.45) is -6.15. The minimum Gasteiger partial charge on any atom is -0.394 e. The molecule has 0 amide bonds. The highest BCUT2D eigenvalue weighted by molar-refractivity contribution is 4.88. The fraction of sp³-hybridized carbons (Fsp3) is 1.00. The van der Waals surface area contributed by atoms with Crippen LogP contribution >= 0.6 is 0 Å². The Morgan fingerprint density at radius 3 is 2.20 bits per heavy atom.